The molecule has 0 aromatic heterocycles. The van der Waals surface area contributed by atoms with Crippen LogP contribution in [0.1, 0.15) is 38.9 Å². The largest absolute Gasteiger partial charge is 0.398 e. The second-order valence-electron chi connectivity index (χ2n) is 6.82. The van der Waals surface area contributed by atoms with Crippen molar-refractivity contribution < 1.29 is 4.84 Å². The summed E-state index contributed by atoms with van der Waals surface area (Å²) in [5, 5.41) is 0. The number of anilines is 1. The van der Waals surface area contributed by atoms with Gasteiger partial charge >= 0.3 is 0 Å². The lowest BCUT2D eigenvalue weighted by Crippen LogP contribution is -2.37. The van der Waals surface area contributed by atoms with Gasteiger partial charge in [0, 0.05) is 11.3 Å². The Balaban J connectivity index is 2.49. The number of hydrogen-bond acceptors (Lipinski definition) is 3. The van der Waals surface area contributed by atoms with Crippen molar-refractivity contribution in [3.05, 3.63) is 99.6 Å². The summed E-state index contributed by atoms with van der Waals surface area (Å²) in [7, 11) is 0. The fourth-order valence-corrected chi connectivity index (χ4v) is 3.79. The highest BCUT2D eigenvalue weighted by Gasteiger charge is 2.41. The summed E-state index contributed by atoms with van der Waals surface area (Å²) in [4.78, 5) is 5.83. The zero-order chi connectivity index (χ0) is 18.9. The Morgan fingerprint density at radius 1 is 0.654 bits per heavy atom. The van der Waals surface area contributed by atoms with E-state index in [-0.39, 0.29) is 0 Å². The molecule has 0 atom stereocenters. The van der Waals surface area contributed by atoms with Crippen LogP contribution in [-0.2, 0) is 10.4 Å². The lowest BCUT2D eigenvalue weighted by molar-refractivity contribution is 0.0118. The molecule has 0 heterocycles. The standard InChI is InChI=1S/C23H26N2O/c1-15-16(2)18(4)22(24)21(17(15)3)23(26-25,19-11-7-5-8-12-19)20-13-9-6-10-14-20/h5-14H,24-25H2,1-4H3. The van der Waals surface area contributed by atoms with E-state index < -0.39 is 5.60 Å². The van der Waals surface area contributed by atoms with Gasteiger partial charge in [0.15, 0.2) is 5.60 Å². The van der Waals surface area contributed by atoms with Crippen LogP contribution in [0.2, 0.25) is 0 Å². The Kier molecular flexibility index (Phi) is 4.86. The van der Waals surface area contributed by atoms with E-state index in [1.807, 2.05) is 60.7 Å². The summed E-state index contributed by atoms with van der Waals surface area (Å²) in [6, 6.07) is 20.1. The van der Waals surface area contributed by atoms with Gasteiger partial charge in [-0.05, 0) is 61.1 Å². The van der Waals surface area contributed by atoms with Crippen molar-refractivity contribution in [3.63, 3.8) is 0 Å². The average molecular weight is 346 g/mol. The fraction of sp³-hybridized carbons (Fsp3) is 0.217. The van der Waals surface area contributed by atoms with Gasteiger partial charge in [-0.2, -0.15) is 0 Å². The molecular formula is C23H26N2O. The van der Waals surface area contributed by atoms with Crippen LogP contribution in [0.15, 0.2) is 60.7 Å². The second-order valence-corrected chi connectivity index (χ2v) is 6.82. The molecule has 3 aromatic carbocycles. The molecule has 0 radical (unpaired) electrons. The van der Waals surface area contributed by atoms with Crippen LogP contribution in [-0.4, -0.2) is 0 Å². The first-order chi connectivity index (χ1) is 12.4. The molecule has 3 nitrogen and oxygen atoms in total. The summed E-state index contributed by atoms with van der Waals surface area (Å²) in [6.07, 6.45) is 0. The Hall–Kier alpha value is -2.62. The Labute approximate surface area is 155 Å². The second kappa shape index (κ2) is 6.94. The van der Waals surface area contributed by atoms with Crippen molar-refractivity contribution in [1.29, 1.82) is 0 Å². The van der Waals surface area contributed by atoms with Crippen LogP contribution in [0.4, 0.5) is 5.69 Å². The molecule has 3 aromatic rings. The maximum Gasteiger partial charge on any atom is 0.167 e. The predicted molar refractivity (Wildman–Crippen MR) is 108 cm³/mol. The average Bonchev–Trinajstić information content (AvgIpc) is 2.69. The van der Waals surface area contributed by atoms with Crippen LogP contribution in [0.5, 0.6) is 0 Å². The number of nitrogens with two attached hydrogens (primary N) is 2. The molecule has 0 spiro atoms. The van der Waals surface area contributed by atoms with E-state index in [0.717, 1.165) is 33.5 Å². The van der Waals surface area contributed by atoms with E-state index in [1.165, 1.54) is 11.1 Å². The lowest BCUT2D eigenvalue weighted by Gasteiger charge is -2.36. The zero-order valence-electron chi connectivity index (χ0n) is 15.8. The highest BCUT2D eigenvalue weighted by atomic mass is 16.6. The van der Waals surface area contributed by atoms with E-state index in [2.05, 4.69) is 27.7 Å². The number of hydrogen-bond donors (Lipinski definition) is 2. The van der Waals surface area contributed by atoms with Crippen molar-refractivity contribution in [2.75, 3.05) is 5.73 Å². The smallest absolute Gasteiger partial charge is 0.167 e. The summed E-state index contributed by atoms with van der Waals surface area (Å²) in [5.74, 6) is 6.02. The molecule has 0 bridgehead atoms. The van der Waals surface area contributed by atoms with E-state index in [1.54, 1.807) is 0 Å². The van der Waals surface area contributed by atoms with Gasteiger partial charge in [-0.25, -0.2) is 5.90 Å². The molecule has 0 aliphatic heterocycles. The van der Waals surface area contributed by atoms with Gasteiger partial charge in [0.2, 0.25) is 0 Å². The van der Waals surface area contributed by atoms with Crippen molar-refractivity contribution in [3.8, 4) is 0 Å². The van der Waals surface area contributed by atoms with Gasteiger partial charge in [-0.1, -0.05) is 60.7 Å². The van der Waals surface area contributed by atoms with E-state index in [4.69, 9.17) is 16.5 Å². The van der Waals surface area contributed by atoms with Crippen LogP contribution in [0.25, 0.3) is 0 Å². The van der Waals surface area contributed by atoms with Gasteiger partial charge in [0.1, 0.15) is 0 Å². The van der Waals surface area contributed by atoms with Crippen LogP contribution < -0.4 is 11.6 Å². The third-order valence-corrected chi connectivity index (χ3v) is 5.63. The first-order valence-electron chi connectivity index (χ1n) is 8.80. The molecule has 0 aliphatic rings. The number of rotatable bonds is 4. The predicted octanol–water partition coefficient (Wildman–Crippen LogP) is 4.68. The van der Waals surface area contributed by atoms with E-state index in [9.17, 15) is 0 Å². The third-order valence-electron chi connectivity index (χ3n) is 5.63. The molecule has 0 unspecified atom stereocenters. The minimum atomic E-state index is -0.972. The molecule has 0 saturated carbocycles. The van der Waals surface area contributed by atoms with Crippen LogP contribution in [0.3, 0.4) is 0 Å². The summed E-state index contributed by atoms with van der Waals surface area (Å²) < 4.78 is 0. The SMILES string of the molecule is Cc1c(C)c(C)c(C(ON)(c2ccccc2)c2ccccc2)c(N)c1C. The number of nitrogen functional groups attached to an aromatic ring is 1. The molecule has 4 N–H and O–H groups in total. The van der Waals surface area contributed by atoms with Gasteiger partial charge in [-0.15, -0.1) is 0 Å². The first-order valence-corrected chi connectivity index (χ1v) is 8.80. The molecule has 26 heavy (non-hydrogen) atoms. The quantitative estimate of drug-likeness (QED) is 0.409. The minimum absolute atomic E-state index is 0.726. The fourth-order valence-electron chi connectivity index (χ4n) is 3.79. The Morgan fingerprint density at radius 3 is 1.50 bits per heavy atom. The summed E-state index contributed by atoms with van der Waals surface area (Å²) >= 11 is 0. The summed E-state index contributed by atoms with van der Waals surface area (Å²) in [6.45, 7) is 8.37. The Morgan fingerprint density at radius 2 is 1.08 bits per heavy atom. The molecule has 0 amide bonds. The molecule has 0 saturated heterocycles. The van der Waals surface area contributed by atoms with Gasteiger partial charge in [-0.3, -0.25) is 4.84 Å². The lowest BCUT2D eigenvalue weighted by atomic mass is 9.75. The van der Waals surface area contributed by atoms with Crippen molar-refractivity contribution in [2.24, 2.45) is 5.90 Å². The van der Waals surface area contributed by atoms with Gasteiger partial charge in [0.05, 0.1) is 0 Å². The molecule has 0 aliphatic carbocycles. The molecule has 3 rings (SSSR count). The Bertz CT molecular complexity index is 849. The number of benzene rings is 3. The van der Waals surface area contributed by atoms with E-state index in [0.29, 0.717) is 0 Å². The van der Waals surface area contributed by atoms with Crippen molar-refractivity contribution >= 4 is 5.69 Å². The third kappa shape index (κ3) is 2.61. The first kappa shape index (κ1) is 18.2. The topological polar surface area (TPSA) is 61.3 Å². The molecule has 134 valence electrons. The zero-order valence-corrected chi connectivity index (χ0v) is 15.8. The molecule has 0 fully saturated rings. The molecular weight excluding hydrogens is 320 g/mol. The maximum atomic E-state index is 6.65. The van der Waals surface area contributed by atoms with Gasteiger partial charge < -0.3 is 5.73 Å². The van der Waals surface area contributed by atoms with E-state index >= 15 is 0 Å². The maximum absolute atomic E-state index is 6.65. The van der Waals surface area contributed by atoms with Crippen molar-refractivity contribution in [2.45, 2.75) is 33.3 Å². The van der Waals surface area contributed by atoms with Crippen molar-refractivity contribution in [1.82, 2.24) is 0 Å². The van der Waals surface area contributed by atoms with Crippen LogP contribution >= 0.6 is 0 Å². The summed E-state index contributed by atoms with van der Waals surface area (Å²) in [5.41, 5.74) is 13.8. The van der Waals surface area contributed by atoms with Gasteiger partial charge in [0.25, 0.3) is 0 Å². The molecule has 3 heteroatoms. The minimum Gasteiger partial charge on any atom is -0.398 e. The monoisotopic (exact) mass is 346 g/mol. The highest BCUT2D eigenvalue weighted by Crippen LogP contribution is 2.45. The van der Waals surface area contributed by atoms with Crippen LogP contribution in [0, 0.1) is 27.7 Å². The normalized spacial score (nSPS) is 11.6. The highest BCUT2D eigenvalue weighted by molar-refractivity contribution is 5.68.